The molecule has 21 heavy (non-hydrogen) atoms. The topological polar surface area (TPSA) is 99.7 Å². The van der Waals surface area contributed by atoms with Crippen molar-refractivity contribution in [2.45, 2.75) is 25.7 Å². The summed E-state index contributed by atoms with van der Waals surface area (Å²) in [6.45, 7) is 1.91. The quantitative estimate of drug-likeness (QED) is 0.588. The lowest BCUT2D eigenvalue weighted by Crippen LogP contribution is -2.11. The highest BCUT2D eigenvalue weighted by Crippen LogP contribution is 2.39. The van der Waals surface area contributed by atoms with Gasteiger partial charge in [0.25, 0.3) is 0 Å². The van der Waals surface area contributed by atoms with Gasteiger partial charge in [-0.2, -0.15) is 5.26 Å². The monoisotopic (exact) mass is 280 g/mol. The van der Waals surface area contributed by atoms with Crippen LogP contribution in [0.3, 0.4) is 0 Å². The molecule has 0 radical (unpaired) electrons. The number of nitrogens with zero attached hydrogens (tertiary/aromatic N) is 3. The number of hydrogen-bond donors (Lipinski definition) is 3. The van der Waals surface area contributed by atoms with Crippen molar-refractivity contribution in [1.29, 1.82) is 5.26 Å². The summed E-state index contributed by atoms with van der Waals surface area (Å²) < 4.78 is 0. The molecule has 1 fully saturated rings. The number of aryl methyl sites for hydroxylation is 1. The maximum Gasteiger partial charge on any atom is 0.145 e. The van der Waals surface area contributed by atoms with Crippen LogP contribution in [-0.4, -0.2) is 9.97 Å². The second kappa shape index (κ2) is 5.38. The van der Waals surface area contributed by atoms with Gasteiger partial charge in [-0.3, -0.25) is 0 Å². The molecular weight excluding hydrogens is 264 g/mol. The summed E-state index contributed by atoms with van der Waals surface area (Å²) in [6.07, 6.45) is 2.22. The molecule has 0 amide bonds. The number of hydrogen-bond acceptors (Lipinski definition) is 6. The zero-order chi connectivity index (χ0) is 14.8. The van der Waals surface area contributed by atoms with Gasteiger partial charge in [-0.05, 0) is 31.4 Å². The predicted octanol–water partition coefficient (Wildman–Crippen LogP) is 2.56. The van der Waals surface area contributed by atoms with Crippen molar-refractivity contribution in [3.63, 3.8) is 0 Å². The number of aromatic nitrogens is 2. The van der Waals surface area contributed by atoms with Gasteiger partial charge in [0.1, 0.15) is 23.5 Å². The molecule has 2 aromatic rings. The highest BCUT2D eigenvalue weighted by molar-refractivity contribution is 5.67. The molecule has 0 aliphatic heterocycles. The van der Waals surface area contributed by atoms with Crippen molar-refractivity contribution in [3.05, 3.63) is 41.2 Å². The minimum Gasteiger partial charge on any atom is -0.339 e. The summed E-state index contributed by atoms with van der Waals surface area (Å²) in [6, 6.07) is 9.62. The number of nitrogen functional groups attached to an aromatic ring is 1. The lowest BCUT2D eigenvalue weighted by atomic mass is 10.1. The van der Waals surface area contributed by atoms with Crippen LogP contribution in [0.2, 0.25) is 0 Å². The van der Waals surface area contributed by atoms with Gasteiger partial charge in [0.2, 0.25) is 0 Å². The van der Waals surface area contributed by atoms with Crippen LogP contribution in [0.25, 0.3) is 0 Å². The molecular formula is C15H16N6. The Bertz CT molecular complexity index is 715. The van der Waals surface area contributed by atoms with Crippen LogP contribution in [0, 0.1) is 18.3 Å². The van der Waals surface area contributed by atoms with E-state index in [2.05, 4.69) is 26.8 Å². The Balaban J connectivity index is 1.96. The van der Waals surface area contributed by atoms with E-state index in [4.69, 9.17) is 5.84 Å². The average molecular weight is 280 g/mol. The molecule has 4 N–H and O–H groups in total. The van der Waals surface area contributed by atoms with Gasteiger partial charge in [-0.25, -0.2) is 15.8 Å². The number of benzene rings is 1. The van der Waals surface area contributed by atoms with Gasteiger partial charge in [0, 0.05) is 12.0 Å². The van der Waals surface area contributed by atoms with E-state index < -0.39 is 0 Å². The van der Waals surface area contributed by atoms with Gasteiger partial charge in [-0.1, -0.05) is 12.1 Å². The van der Waals surface area contributed by atoms with Crippen LogP contribution < -0.4 is 16.6 Å². The fourth-order valence-electron chi connectivity index (χ4n) is 2.19. The third-order valence-electron chi connectivity index (χ3n) is 3.48. The molecule has 1 aliphatic rings. The lowest BCUT2D eigenvalue weighted by Gasteiger charge is -2.11. The first kappa shape index (κ1) is 13.3. The van der Waals surface area contributed by atoms with E-state index in [1.807, 2.05) is 25.1 Å². The van der Waals surface area contributed by atoms with Crippen molar-refractivity contribution < 1.29 is 0 Å². The van der Waals surface area contributed by atoms with E-state index in [1.165, 1.54) is 0 Å². The SMILES string of the molecule is Cc1cccc(Nc2cc(NN)nc(C3CC3)n2)c1C#N. The summed E-state index contributed by atoms with van der Waals surface area (Å²) in [5, 5.41) is 12.5. The third-order valence-corrected chi connectivity index (χ3v) is 3.48. The molecule has 106 valence electrons. The molecule has 3 rings (SSSR count). The fraction of sp³-hybridized carbons (Fsp3) is 0.267. The Kier molecular flexibility index (Phi) is 3.42. The van der Waals surface area contributed by atoms with Crippen molar-refractivity contribution in [2.24, 2.45) is 5.84 Å². The van der Waals surface area contributed by atoms with Crippen LogP contribution in [0.1, 0.15) is 35.7 Å². The molecule has 0 saturated heterocycles. The van der Waals surface area contributed by atoms with Gasteiger partial charge < -0.3 is 10.7 Å². The first-order valence-corrected chi connectivity index (χ1v) is 6.83. The zero-order valence-corrected chi connectivity index (χ0v) is 11.7. The summed E-state index contributed by atoms with van der Waals surface area (Å²) in [4.78, 5) is 8.88. The average Bonchev–Trinajstić information content (AvgIpc) is 3.32. The second-order valence-corrected chi connectivity index (χ2v) is 5.15. The minimum absolute atomic E-state index is 0.423. The number of anilines is 3. The summed E-state index contributed by atoms with van der Waals surface area (Å²) >= 11 is 0. The van der Waals surface area contributed by atoms with Crippen molar-refractivity contribution in [1.82, 2.24) is 9.97 Å². The first-order valence-electron chi connectivity index (χ1n) is 6.83. The van der Waals surface area contributed by atoms with Gasteiger partial charge in [0.05, 0.1) is 11.3 Å². The second-order valence-electron chi connectivity index (χ2n) is 5.15. The van der Waals surface area contributed by atoms with E-state index >= 15 is 0 Å². The van der Waals surface area contributed by atoms with Crippen molar-refractivity contribution in [2.75, 3.05) is 10.7 Å². The highest BCUT2D eigenvalue weighted by Gasteiger charge is 2.27. The normalized spacial score (nSPS) is 13.6. The van der Waals surface area contributed by atoms with Crippen LogP contribution in [0.15, 0.2) is 24.3 Å². The Labute approximate surface area is 123 Å². The number of hydrazine groups is 1. The Morgan fingerprint density at radius 1 is 1.29 bits per heavy atom. The first-order chi connectivity index (χ1) is 10.2. The van der Waals surface area contributed by atoms with Gasteiger partial charge in [-0.15, -0.1) is 0 Å². The molecule has 0 spiro atoms. The van der Waals surface area contributed by atoms with Gasteiger partial charge in [0.15, 0.2) is 0 Å². The Hall–Kier alpha value is -2.65. The highest BCUT2D eigenvalue weighted by atomic mass is 15.3. The van der Waals surface area contributed by atoms with Crippen LogP contribution in [0.5, 0.6) is 0 Å². The molecule has 1 aliphatic carbocycles. The number of rotatable bonds is 4. The van der Waals surface area contributed by atoms with Crippen LogP contribution in [-0.2, 0) is 0 Å². The largest absolute Gasteiger partial charge is 0.339 e. The summed E-state index contributed by atoms with van der Waals surface area (Å²) in [5.74, 6) is 7.89. The Morgan fingerprint density at radius 2 is 2.05 bits per heavy atom. The number of nitriles is 1. The van der Waals surface area contributed by atoms with Crippen molar-refractivity contribution >= 4 is 17.3 Å². The van der Waals surface area contributed by atoms with Crippen molar-refractivity contribution in [3.8, 4) is 6.07 Å². The van der Waals surface area contributed by atoms with E-state index in [-0.39, 0.29) is 0 Å². The maximum absolute atomic E-state index is 9.28. The standard InChI is InChI=1S/C15H16N6/c1-9-3-2-4-12(11(9)8-16)18-13-7-14(21-17)20-15(19-13)10-5-6-10/h2-4,7,10H,5-6,17H2,1H3,(H2,18,19,20,21). The molecule has 1 heterocycles. The molecule has 6 heteroatoms. The fourth-order valence-corrected chi connectivity index (χ4v) is 2.19. The van der Waals surface area contributed by atoms with Crippen LogP contribution in [0.4, 0.5) is 17.3 Å². The van der Waals surface area contributed by atoms with E-state index in [0.29, 0.717) is 23.1 Å². The Morgan fingerprint density at radius 3 is 2.71 bits per heavy atom. The molecule has 0 bridgehead atoms. The van der Waals surface area contributed by atoms with Crippen LogP contribution >= 0.6 is 0 Å². The van der Waals surface area contributed by atoms with E-state index in [0.717, 1.165) is 29.9 Å². The smallest absolute Gasteiger partial charge is 0.145 e. The molecule has 0 unspecified atom stereocenters. The summed E-state index contributed by atoms with van der Waals surface area (Å²) in [5.41, 5.74) is 4.84. The van der Waals surface area contributed by atoms with Gasteiger partial charge >= 0.3 is 0 Å². The van der Waals surface area contributed by atoms with E-state index in [1.54, 1.807) is 6.07 Å². The number of nitrogens with one attached hydrogen (secondary N) is 2. The predicted molar refractivity (Wildman–Crippen MR) is 81.0 cm³/mol. The maximum atomic E-state index is 9.28. The van der Waals surface area contributed by atoms with E-state index in [9.17, 15) is 5.26 Å². The molecule has 1 saturated carbocycles. The number of nitrogens with two attached hydrogens (primary N) is 1. The lowest BCUT2D eigenvalue weighted by molar-refractivity contribution is 0.929. The molecule has 1 aromatic carbocycles. The molecule has 1 aromatic heterocycles. The minimum atomic E-state index is 0.423. The zero-order valence-electron chi connectivity index (χ0n) is 11.7. The molecule has 0 atom stereocenters. The molecule has 6 nitrogen and oxygen atoms in total. The third kappa shape index (κ3) is 2.78. The summed E-state index contributed by atoms with van der Waals surface area (Å²) in [7, 11) is 0.